The lowest BCUT2D eigenvalue weighted by Crippen LogP contribution is -2.48. The smallest absolute Gasteiger partial charge is 0.230 e. The average Bonchev–Trinajstić information content (AvgIpc) is 2.83. The summed E-state index contributed by atoms with van der Waals surface area (Å²) in [5, 5.41) is 4.00. The number of hydrogen-bond donors (Lipinski definition) is 1. The van der Waals surface area contributed by atoms with E-state index >= 15 is 0 Å². The minimum Gasteiger partial charge on any atom is -0.350 e. The van der Waals surface area contributed by atoms with Gasteiger partial charge in [-0.15, -0.1) is 11.3 Å². The Morgan fingerprint density at radius 3 is 2.62 bits per heavy atom. The highest BCUT2D eigenvalue weighted by Crippen LogP contribution is 2.44. The van der Waals surface area contributed by atoms with Gasteiger partial charge >= 0.3 is 0 Å². The predicted octanol–water partition coefficient (Wildman–Crippen LogP) is 3.33. The molecule has 0 atom stereocenters. The molecule has 1 fully saturated rings. The SMILES string of the molecule is Cc1ncc(CNC(=O)C2(c3ccc(F)cc3)CCC2)s1. The zero-order valence-corrected chi connectivity index (χ0v) is 12.7. The second-order valence-corrected chi connectivity index (χ2v) is 6.79. The quantitative estimate of drug-likeness (QED) is 0.941. The highest BCUT2D eigenvalue weighted by Gasteiger charge is 2.45. The summed E-state index contributed by atoms with van der Waals surface area (Å²) in [6.07, 6.45) is 4.48. The molecule has 0 unspecified atom stereocenters. The number of aryl methyl sites for hydroxylation is 1. The van der Waals surface area contributed by atoms with Gasteiger partial charge in [-0.25, -0.2) is 9.37 Å². The van der Waals surface area contributed by atoms with Crippen LogP contribution in [0.4, 0.5) is 4.39 Å². The van der Waals surface area contributed by atoms with E-state index in [0.717, 1.165) is 34.7 Å². The van der Waals surface area contributed by atoms with Gasteiger partial charge in [0.15, 0.2) is 0 Å². The fourth-order valence-electron chi connectivity index (χ4n) is 2.77. The highest BCUT2D eigenvalue weighted by molar-refractivity contribution is 7.11. The molecule has 110 valence electrons. The molecule has 1 aromatic heterocycles. The Balaban J connectivity index is 1.73. The number of rotatable bonds is 4. The van der Waals surface area contributed by atoms with Gasteiger partial charge in [-0.1, -0.05) is 18.6 Å². The first-order chi connectivity index (χ1) is 10.1. The van der Waals surface area contributed by atoms with Crippen molar-refractivity contribution in [2.75, 3.05) is 0 Å². The van der Waals surface area contributed by atoms with Gasteiger partial charge in [0.2, 0.25) is 5.91 Å². The van der Waals surface area contributed by atoms with Crippen LogP contribution in [0.25, 0.3) is 0 Å². The van der Waals surface area contributed by atoms with E-state index < -0.39 is 5.41 Å². The first kappa shape index (κ1) is 14.2. The molecule has 1 aliphatic rings. The molecule has 0 bridgehead atoms. The summed E-state index contributed by atoms with van der Waals surface area (Å²) in [6, 6.07) is 6.31. The van der Waals surface area contributed by atoms with Crippen LogP contribution in [0.5, 0.6) is 0 Å². The molecule has 0 saturated heterocycles. The van der Waals surface area contributed by atoms with Crippen LogP contribution in [0.1, 0.15) is 34.7 Å². The summed E-state index contributed by atoms with van der Waals surface area (Å²) in [5.41, 5.74) is 0.432. The van der Waals surface area contributed by atoms with Crippen LogP contribution in [0.3, 0.4) is 0 Å². The molecule has 2 aromatic rings. The Morgan fingerprint density at radius 2 is 2.10 bits per heavy atom. The van der Waals surface area contributed by atoms with Crippen molar-refractivity contribution in [1.82, 2.24) is 10.3 Å². The Labute approximate surface area is 127 Å². The molecule has 3 rings (SSSR count). The first-order valence-corrected chi connectivity index (χ1v) is 7.87. The van der Waals surface area contributed by atoms with Crippen LogP contribution < -0.4 is 5.32 Å². The highest BCUT2D eigenvalue weighted by atomic mass is 32.1. The number of benzene rings is 1. The largest absolute Gasteiger partial charge is 0.350 e. The van der Waals surface area contributed by atoms with Crippen LogP contribution in [-0.4, -0.2) is 10.9 Å². The molecular formula is C16H17FN2OS. The van der Waals surface area contributed by atoms with Crippen LogP contribution in [0.2, 0.25) is 0 Å². The summed E-state index contributed by atoms with van der Waals surface area (Å²) >= 11 is 1.59. The number of thiazole rings is 1. The maximum Gasteiger partial charge on any atom is 0.230 e. The van der Waals surface area contributed by atoms with Gasteiger partial charge in [-0.2, -0.15) is 0 Å². The first-order valence-electron chi connectivity index (χ1n) is 7.06. The van der Waals surface area contributed by atoms with Crippen molar-refractivity contribution in [3.05, 3.63) is 51.7 Å². The molecule has 21 heavy (non-hydrogen) atoms. The normalized spacial score (nSPS) is 16.3. The molecule has 5 heteroatoms. The van der Waals surface area contributed by atoms with E-state index in [4.69, 9.17) is 0 Å². The Kier molecular flexibility index (Phi) is 3.76. The lowest BCUT2D eigenvalue weighted by molar-refractivity contribution is -0.130. The van der Waals surface area contributed by atoms with Gasteiger partial charge in [-0.3, -0.25) is 4.79 Å². The van der Waals surface area contributed by atoms with Crippen LogP contribution in [-0.2, 0) is 16.8 Å². The molecule has 1 N–H and O–H groups in total. The topological polar surface area (TPSA) is 42.0 Å². The molecule has 1 amide bonds. The second-order valence-electron chi connectivity index (χ2n) is 5.47. The zero-order chi connectivity index (χ0) is 14.9. The van der Waals surface area contributed by atoms with E-state index in [1.807, 2.05) is 6.92 Å². The minimum atomic E-state index is -0.479. The second kappa shape index (κ2) is 5.56. The average molecular weight is 304 g/mol. The number of halogens is 1. The van der Waals surface area contributed by atoms with Crippen LogP contribution >= 0.6 is 11.3 Å². The van der Waals surface area contributed by atoms with Crippen molar-refractivity contribution >= 4 is 17.2 Å². The maximum absolute atomic E-state index is 13.1. The Hall–Kier alpha value is -1.75. The van der Waals surface area contributed by atoms with Crippen LogP contribution in [0.15, 0.2) is 30.5 Å². The summed E-state index contributed by atoms with van der Waals surface area (Å²) in [7, 11) is 0. The Morgan fingerprint density at radius 1 is 1.38 bits per heavy atom. The summed E-state index contributed by atoms with van der Waals surface area (Å²) in [4.78, 5) is 17.8. The van der Waals surface area contributed by atoms with Crippen molar-refractivity contribution in [3.63, 3.8) is 0 Å². The van der Waals surface area contributed by atoms with E-state index in [2.05, 4.69) is 10.3 Å². The number of nitrogens with one attached hydrogen (secondary N) is 1. The zero-order valence-electron chi connectivity index (χ0n) is 11.9. The fraction of sp³-hybridized carbons (Fsp3) is 0.375. The standard InChI is InChI=1S/C16H17FN2OS/c1-11-18-9-14(21-11)10-19-15(20)16(7-2-8-16)12-3-5-13(17)6-4-12/h3-6,9H,2,7-8,10H2,1H3,(H,19,20). The van der Waals surface area contributed by atoms with Crippen molar-refractivity contribution in [2.24, 2.45) is 0 Å². The molecule has 0 spiro atoms. The van der Waals surface area contributed by atoms with Crippen molar-refractivity contribution in [2.45, 2.75) is 38.1 Å². The molecule has 1 heterocycles. The number of nitrogens with zero attached hydrogens (tertiary/aromatic N) is 1. The number of hydrogen-bond acceptors (Lipinski definition) is 3. The lowest BCUT2D eigenvalue weighted by atomic mass is 9.64. The van der Waals surface area contributed by atoms with Gasteiger partial charge in [0.05, 0.1) is 17.0 Å². The van der Waals surface area contributed by atoms with E-state index in [1.165, 1.54) is 12.1 Å². The number of carbonyl (C=O) groups is 1. The minimum absolute atomic E-state index is 0.0337. The Bertz CT molecular complexity index is 647. The molecular weight excluding hydrogens is 287 g/mol. The van der Waals surface area contributed by atoms with Crippen molar-refractivity contribution in [1.29, 1.82) is 0 Å². The van der Waals surface area contributed by atoms with E-state index in [-0.39, 0.29) is 11.7 Å². The molecule has 1 aromatic carbocycles. The maximum atomic E-state index is 13.1. The van der Waals surface area contributed by atoms with Crippen molar-refractivity contribution in [3.8, 4) is 0 Å². The number of amides is 1. The van der Waals surface area contributed by atoms with Crippen molar-refractivity contribution < 1.29 is 9.18 Å². The third-order valence-corrected chi connectivity index (χ3v) is 5.04. The molecule has 0 radical (unpaired) electrons. The van der Waals surface area contributed by atoms with Gasteiger partial charge in [0.1, 0.15) is 5.82 Å². The molecule has 1 aliphatic carbocycles. The van der Waals surface area contributed by atoms with E-state index in [1.54, 1.807) is 29.7 Å². The molecule has 1 saturated carbocycles. The fourth-order valence-corrected chi connectivity index (χ4v) is 3.50. The van der Waals surface area contributed by atoms with E-state index in [9.17, 15) is 9.18 Å². The lowest BCUT2D eigenvalue weighted by Gasteiger charge is -2.40. The van der Waals surface area contributed by atoms with Gasteiger partial charge in [0, 0.05) is 11.1 Å². The monoisotopic (exact) mass is 304 g/mol. The van der Waals surface area contributed by atoms with Crippen LogP contribution in [0, 0.1) is 12.7 Å². The number of carbonyl (C=O) groups excluding carboxylic acids is 1. The number of aromatic nitrogens is 1. The summed E-state index contributed by atoms with van der Waals surface area (Å²) in [5.74, 6) is -0.236. The van der Waals surface area contributed by atoms with Gasteiger partial charge in [0.25, 0.3) is 0 Å². The van der Waals surface area contributed by atoms with E-state index in [0.29, 0.717) is 6.54 Å². The predicted molar refractivity (Wildman–Crippen MR) is 80.6 cm³/mol. The molecule has 3 nitrogen and oxygen atoms in total. The summed E-state index contributed by atoms with van der Waals surface area (Å²) in [6.45, 7) is 2.45. The van der Waals surface area contributed by atoms with Gasteiger partial charge in [-0.05, 0) is 37.5 Å². The third-order valence-electron chi connectivity index (χ3n) is 4.13. The van der Waals surface area contributed by atoms with Gasteiger partial charge < -0.3 is 5.32 Å². The molecule has 0 aliphatic heterocycles. The summed E-state index contributed by atoms with van der Waals surface area (Å²) < 4.78 is 13.1. The third kappa shape index (κ3) is 2.70.